The lowest BCUT2D eigenvalue weighted by atomic mass is 10.2. The van der Waals surface area contributed by atoms with E-state index in [0.29, 0.717) is 11.7 Å². The van der Waals surface area contributed by atoms with Gasteiger partial charge in [0.1, 0.15) is 12.3 Å². The zero-order valence-corrected chi connectivity index (χ0v) is 14.8. The van der Waals surface area contributed by atoms with Crippen molar-refractivity contribution in [1.29, 1.82) is 0 Å². The van der Waals surface area contributed by atoms with E-state index in [1.54, 1.807) is 0 Å². The number of aryl methyl sites for hydroxylation is 2. The third-order valence-electron chi connectivity index (χ3n) is 4.17. The second-order valence-corrected chi connectivity index (χ2v) is 7.13. The molecule has 1 amide bonds. The average Bonchev–Trinajstić information content (AvgIpc) is 3.23. The normalized spacial score (nSPS) is 12.6. The number of carbonyl (C=O) groups is 1. The summed E-state index contributed by atoms with van der Waals surface area (Å²) < 4.78 is 5.53. The van der Waals surface area contributed by atoms with Gasteiger partial charge in [0.05, 0.1) is 5.69 Å². The average molecular weight is 367 g/mol. The van der Waals surface area contributed by atoms with Gasteiger partial charge in [0.15, 0.2) is 10.9 Å². The number of carbonyl (C=O) groups excluding carboxylic acids is 1. The predicted octanol–water partition coefficient (Wildman–Crippen LogP) is 3.15. The van der Waals surface area contributed by atoms with Gasteiger partial charge >= 0.3 is 0 Å². The SMILES string of the molecule is O=C(Nc1nc2c(s1)CCC2)c1cc(=O)c(OCc2ccccc2)c[nH]1. The maximum Gasteiger partial charge on any atom is 0.273 e. The van der Waals surface area contributed by atoms with Crippen molar-refractivity contribution in [2.24, 2.45) is 0 Å². The van der Waals surface area contributed by atoms with Gasteiger partial charge in [-0.25, -0.2) is 4.98 Å². The summed E-state index contributed by atoms with van der Waals surface area (Å²) in [5, 5.41) is 3.32. The summed E-state index contributed by atoms with van der Waals surface area (Å²) in [5.74, 6) is -0.206. The molecule has 2 aromatic heterocycles. The van der Waals surface area contributed by atoms with E-state index in [4.69, 9.17) is 4.74 Å². The molecule has 0 radical (unpaired) electrons. The van der Waals surface area contributed by atoms with E-state index in [-0.39, 0.29) is 22.8 Å². The highest BCUT2D eigenvalue weighted by Crippen LogP contribution is 2.30. The van der Waals surface area contributed by atoms with Gasteiger partial charge in [-0.15, -0.1) is 11.3 Å². The van der Waals surface area contributed by atoms with Gasteiger partial charge < -0.3 is 9.72 Å². The fraction of sp³-hybridized carbons (Fsp3) is 0.211. The maximum absolute atomic E-state index is 12.3. The second-order valence-electron chi connectivity index (χ2n) is 6.05. The third-order valence-corrected chi connectivity index (χ3v) is 5.25. The Bertz CT molecular complexity index is 973. The standard InChI is InChI=1S/C19H17N3O3S/c23-15-9-14(18(24)22-19-21-13-7-4-8-17(13)26-19)20-10-16(15)25-11-12-5-2-1-3-6-12/h1-3,5-6,9-10H,4,7-8,11H2,(H,20,23)(H,21,22,24). The monoisotopic (exact) mass is 367 g/mol. The number of nitrogens with zero attached hydrogens (tertiary/aromatic N) is 1. The maximum atomic E-state index is 12.3. The molecule has 0 aliphatic heterocycles. The third kappa shape index (κ3) is 3.52. The molecular formula is C19H17N3O3S. The largest absolute Gasteiger partial charge is 0.483 e. The molecule has 2 heterocycles. The molecule has 1 aliphatic carbocycles. The quantitative estimate of drug-likeness (QED) is 0.726. The topological polar surface area (TPSA) is 84.1 Å². The number of benzene rings is 1. The molecule has 0 spiro atoms. The molecule has 3 aromatic rings. The fourth-order valence-corrected chi connectivity index (χ4v) is 3.89. The fourth-order valence-electron chi connectivity index (χ4n) is 2.85. The highest BCUT2D eigenvalue weighted by atomic mass is 32.1. The molecule has 7 heteroatoms. The minimum absolute atomic E-state index is 0.178. The number of nitrogens with one attached hydrogen (secondary N) is 2. The molecule has 132 valence electrons. The first-order valence-corrected chi connectivity index (χ1v) is 9.20. The van der Waals surface area contributed by atoms with Crippen molar-refractivity contribution < 1.29 is 9.53 Å². The number of aromatic amines is 1. The number of hydrogen-bond donors (Lipinski definition) is 2. The first-order chi connectivity index (χ1) is 12.7. The molecule has 2 N–H and O–H groups in total. The molecule has 26 heavy (non-hydrogen) atoms. The number of fused-ring (bicyclic) bond motifs is 1. The van der Waals surface area contributed by atoms with Crippen LogP contribution in [0.4, 0.5) is 5.13 Å². The summed E-state index contributed by atoms with van der Waals surface area (Å²) in [6.45, 7) is 0.292. The van der Waals surface area contributed by atoms with Crippen LogP contribution in [0.3, 0.4) is 0 Å². The van der Waals surface area contributed by atoms with Gasteiger partial charge in [-0.3, -0.25) is 14.9 Å². The van der Waals surface area contributed by atoms with Crippen molar-refractivity contribution in [2.45, 2.75) is 25.9 Å². The lowest BCUT2D eigenvalue weighted by Crippen LogP contribution is -2.17. The number of H-pyrrole nitrogens is 1. The summed E-state index contributed by atoms with van der Waals surface area (Å²) in [7, 11) is 0. The van der Waals surface area contributed by atoms with E-state index in [1.807, 2.05) is 30.3 Å². The van der Waals surface area contributed by atoms with Crippen molar-refractivity contribution >= 4 is 22.4 Å². The van der Waals surface area contributed by atoms with Gasteiger partial charge in [0, 0.05) is 17.1 Å². The van der Waals surface area contributed by atoms with Gasteiger partial charge in [-0.2, -0.15) is 0 Å². The van der Waals surface area contributed by atoms with Crippen LogP contribution in [0.1, 0.15) is 33.0 Å². The number of hydrogen-bond acceptors (Lipinski definition) is 5. The van der Waals surface area contributed by atoms with Crippen LogP contribution >= 0.6 is 11.3 Å². The van der Waals surface area contributed by atoms with Crippen LogP contribution in [-0.4, -0.2) is 15.9 Å². The lowest BCUT2D eigenvalue weighted by Gasteiger charge is -2.07. The Hall–Kier alpha value is -2.93. The zero-order valence-electron chi connectivity index (χ0n) is 14.0. The Labute approximate surface area is 153 Å². The van der Waals surface area contributed by atoms with Gasteiger partial charge in [0.25, 0.3) is 5.91 Å². The lowest BCUT2D eigenvalue weighted by molar-refractivity contribution is 0.102. The van der Waals surface area contributed by atoms with E-state index in [2.05, 4.69) is 15.3 Å². The van der Waals surface area contributed by atoms with E-state index < -0.39 is 0 Å². The number of aromatic nitrogens is 2. The summed E-state index contributed by atoms with van der Waals surface area (Å²) in [6.07, 6.45) is 4.53. The number of pyridine rings is 1. The van der Waals surface area contributed by atoms with Crippen LogP contribution in [-0.2, 0) is 19.4 Å². The molecule has 1 aromatic carbocycles. The van der Waals surface area contributed by atoms with Crippen LogP contribution in [0.2, 0.25) is 0 Å². The van der Waals surface area contributed by atoms with Crippen LogP contribution in [0.25, 0.3) is 0 Å². The minimum Gasteiger partial charge on any atom is -0.483 e. The highest BCUT2D eigenvalue weighted by molar-refractivity contribution is 7.15. The Morgan fingerprint density at radius 3 is 2.88 bits per heavy atom. The van der Waals surface area contributed by atoms with E-state index in [9.17, 15) is 9.59 Å². The smallest absolute Gasteiger partial charge is 0.273 e. The van der Waals surface area contributed by atoms with Crippen molar-refractivity contribution in [3.63, 3.8) is 0 Å². The van der Waals surface area contributed by atoms with Gasteiger partial charge in [-0.1, -0.05) is 30.3 Å². The van der Waals surface area contributed by atoms with Crippen LogP contribution in [0.15, 0.2) is 47.4 Å². The molecule has 1 aliphatic rings. The zero-order chi connectivity index (χ0) is 17.9. The summed E-state index contributed by atoms with van der Waals surface area (Å²) in [4.78, 5) is 33.0. The Morgan fingerprint density at radius 2 is 2.12 bits per heavy atom. The van der Waals surface area contributed by atoms with Crippen molar-refractivity contribution in [3.8, 4) is 5.75 Å². The molecule has 0 saturated heterocycles. The molecule has 0 unspecified atom stereocenters. The Balaban J connectivity index is 1.43. The molecule has 0 fully saturated rings. The Kier molecular flexibility index (Phi) is 4.53. The van der Waals surface area contributed by atoms with E-state index in [0.717, 1.165) is 30.5 Å². The predicted molar refractivity (Wildman–Crippen MR) is 99.9 cm³/mol. The van der Waals surface area contributed by atoms with Crippen LogP contribution in [0.5, 0.6) is 5.75 Å². The minimum atomic E-state index is -0.385. The van der Waals surface area contributed by atoms with E-state index >= 15 is 0 Å². The van der Waals surface area contributed by atoms with Crippen LogP contribution < -0.4 is 15.5 Å². The van der Waals surface area contributed by atoms with Crippen molar-refractivity contribution in [1.82, 2.24) is 9.97 Å². The first-order valence-electron chi connectivity index (χ1n) is 8.38. The molecule has 0 atom stereocenters. The molecule has 0 saturated carbocycles. The first kappa shape index (κ1) is 16.5. The van der Waals surface area contributed by atoms with E-state index in [1.165, 1.54) is 28.5 Å². The van der Waals surface area contributed by atoms with Crippen LogP contribution in [0, 0.1) is 0 Å². The number of ether oxygens (including phenoxy) is 1. The second kappa shape index (κ2) is 7.13. The molecule has 0 bridgehead atoms. The molecular weight excluding hydrogens is 350 g/mol. The number of amides is 1. The highest BCUT2D eigenvalue weighted by Gasteiger charge is 2.18. The number of rotatable bonds is 5. The Morgan fingerprint density at radius 1 is 1.27 bits per heavy atom. The van der Waals surface area contributed by atoms with Crippen molar-refractivity contribution in [2.75, 3.05) is 5.32 Å². The molecule has 6 nitrogen and oxygen atoms in total. The number of thiazole rings is 1. The van der Waals surface area contributed by atoms with Crippen molar-refractivity contribution in [3.05, 3.63) is 74.6 Å². The summed E-state index contributed by atoms with van der Waals surface area (Å²) >= 11 is 1.50. The molecule has 4 rings (SSSR count). The number of anilines is 1. The summed E-state index contributed by atoms with van der Waals surface area (Å²) in [6, 6.07) is 10.8. The summed E-state index contributed by atoms with van der Waals surface area (Å²) in [5.41, 5.74) is 1.87. The van der Waals surface area contributed by atoms with Gasteiger partial charge in [0.2, 0.25) is 5.43 Å². The van der Waals surface area contributed by atoms with Gasteiger partial charge in [-0.05, 0) is 24.8 Å².